The summed E-state index contributed by atoms with van der Waals surface area (Å²) in [5.41, 5.74) is -1.67. The van der Waals surface area contributed by atoms with Crippen LogP contribution in [0.15, 0.2) is 11.2 Å². The maximum atomic E-state index is 11.9. The minimum absolute atomic E-state index is 0.228. The fourth-order valence-corrected chi connectivity index (χ4v) is 3.29. The molecule has 108 valence electrons. The second-order valence-electron chi connectivity index (χ2n) is 4.17. The van der Waals surface area contributed by atoms with E-state index in [0.717, 1.165) is 6.20 Å². The van der Waals surface area contributed by atoms with Gasteiger partial charge in [0, 0.05) is 12.3 Å². The maximum absolute atomic E-state index is 11.9. The molecule has 8 nitrogen and oxygen atoms in total. The molecule has 0 radical (unpaired) electrons. The summed E-state index contributed by atoms with van der Waals surface area (Å²) in [5, 5.41) is 23.7. The van der Waals surface area contributed by atoms with Gasteiger partial charge in [-0.25, -0.2) is 17.9 Å². The van der Waals surface area contributed by atoms with E-state index in [-0.39, 0.29) is 6.54 Å². The Kier molecular flexibility index (Phi) is 4.96. The Morgan fingerprint density at radius 3 is 2.79 bits per heavy atom. The normalized spacial score (nSPS) is 15.1. The van der Waals surface area contributed by atoms with Gasteiger partial charge in [0.1, 0.15) is 5.56 Å². The molecule has 0 aliphatic carbocycles. The molecule has 1 unspecified atom stereocenters. The third-order valence-corrected chi connectivity index (χ3v) is 4.49. The highest BCUT2D eigenvalue weighted by Gasteiger charge is 2.28. The third kappa shape index (κ3) is 4.20. The van der Waals surface area contributed by atoms with Crippen molar-refractivity contribution >= 4 is 27.8 Å². The van der Waals surface area contributed by atoms with E-state index in [1.54, 1.807) is 6.26 Å². The van der Waals surface area contributed by atoms with Crippen LogP contribution in [-0.4, -0.2) is 59.0 Å². The number of nitrogens with zero attached hydrogens (tertiary/aromatic N) is 1. The summed E-state index contributed by atoms with van der Waals surface area (Å²) in [6, 6.07) is 0. The van der Waals surface area contributed by atoms with Crippen LogP contribution in [0.4, 0.5) is 0 Å². The quantitative estimate of drug-likeness (QED) is 0.533. The van der Waals surface area contributed by atoms with E-state index in [1.807, 2.05) is 0 Å². The van der Waals surface area contributed by atoms with Crippen LogP contribution >= 0.6 is 11.8 Å². The highest BCUT2D eigenvalue weighted by Crippen LogP contribution is 2.14. The van der Waals surface area contributed by atoms with Gasteiger partial charge in [0.15, 0.2) is 5.03 Å². The number of aromatic amines is 1. The van der Waals surface area contributed by atoms with Crippen LogP contribution in [0.25, 0.3) is 0 Å². The summed E-state index contributed by atoms with van der Waals surface area (Å²) in [4.78, 5) is 10.8. The van der Waals surface area contributed by atoms with E-state index >= 15 is 0 Å². The molecule has 0 saturated heterocycles. The molecule has 0 fully saturated rings. The number of nitrogens with one attached hydrogen (secondary N) is 2. The zero-order valence-electron chi connectivity index (χ0n) is 10.4. The van der Waals surface area contributed by atoms with Crippen molar-refractivity contribution < 1.29 is 23.4 Å². The van der Waals surface area contributed by atoms with Gasteiger partial charge in [-0.05, 0) is 13.2 Å². The number of thioether (sulfide) groups is 1. The molecule has 4 N–H and O–H groups in total. The zero-order chi connectivity index (χ0) is 14.7. The molecular weight excluding hydrogens is 294 g/mol. The molecule has 0 amide bonds. The molecule has 19 heavy (non-hydrogen) atoms. The smallest absolute Gasteiger partial charge is 0.340 e. The molecule has 0 aromatic carbocycles. The minimum Gasteiger partial charge on any atom is -0.478 e. The van der Waals surface area contributed by atoms with Gasteiger partial charge >= 0.3 is 5.97 Å². The molecule has 0 saturated carbocycles. The molecule has 1 rings (SSSR count). The van der Waals surface area contributed by atoms with Crippen LogP contribution in [0, 0.1) is 0 Å². The lowest BCUT2D eigenvalue weighted by molar-refractivity contribution is 0.0692. The van der Waals surface area contributed by atoms with E-state index in [2.05, 4.69) is 14.9 Å². The topological polar surface area (TPSA) is 132 Å². The van der Waals surface area contributed by atoms with Gasteiger partial charge < -0.3 is 10.2 Å². The van der Waals surface area contributed by atoms with Gasteiger partial charge in [-0.15, -0.1) is 0 Å². The van der Waals surface area contributed by atoms with Gasteiger partial charge in [-0.3, -0.25) is 5.10 Å². The van der Waals surface area contributed by atoms with Crippen molar-refractivity contribution in [1.29, 1.82) is 0 Å². The Balaban J connectivity index is 2.88. The van der Waals surface area contributed by atoms with E-state index in [4.69, 9.17) is 5.11 Å². The van der Waals surface area contributed by atoms with Gasteiger partial charge in [-0.2, -0.15) is 16.9 Å². The number of hydrogen-bond donors (Lipinski definition) is 4. The summed E-state index contributed by atoms with van der Waals surface area (Å²) in [6.45, 7) is 1.26. The Labute approximate surface area is 114 Å². The van der Waals surface area contributed by atoms with Crippen LogP contribution in [-0.2, 0) is 10.0 Å². The fraction of sp³-hybridized carbons (Fsp3) is 0.556. The fourth-order valence-electron chi connectivity index (χ4n) is 1.32. The average molecular weight is 309 g/mol. The summed E-state index contributed by atoms with van der Waals surface area (Å²) in [7, 11) is -4.06. The second-order valence-corrected chi connectivity index (χ2v) is 6.74. The summed E-state index contributed by atoms with van der Waals surface area (Å²) >= 11 is 1.37. The van der Waals surface area contributed by atoms with Crippen molar-refractivity contribution in [3.8, 4) is 0 Å². The molecule has 1 heterocycles. The maximum Gasteiger partial charge on any atom is 0.340 e. The van der Waals surface area contributed by atoms with E-state index in [0.29, 0.717) is 5.75 Å². The molecule has 0 bridgehead atoms. The van der Waals surface area contributed by atoms with Crippen LogP contribution in [0.3, 0.4) is 0 Å². The first-order valence-corrected chi connectivity index (χ1v) is 8.05. The lowest BCUT2D eigenvalue weighted by Gasteiger charge is -2.22. The first-order chi connectivity index (χ1) is 8.69. The Morgan fingerprint density at radius 1 is 1.63 bits per heavy atom. The minimum atomic E-state index is -4.06. The number of aromatic nitrogens is 2. The summed E-state index contributed by atoms with van der Waals surface area (Å²) in [5.74, 6) is -1.06. The monoisotopic (exact) mass is 309 g/mol. The van der Waals surface area contributed by atoms with E-state index < -0.39 is 32.2 Å². The van der Waals surface area contributed by atoms with Crippen molar-refractivity contribution in [2.24, 2.45) is 0 Å². The predicted octanol–water partition coefficient (Wildman–Crippen LogP) is -0.500. The third-order valence-electron chi connectivity index (χ3n) is 2.20. The molecule has 1 aromatic rings. The molecule has 1 aromatic heterocycles. The number of rotatable bonds is 7. The average Bonchev–Trinajstić information content (AvgIpc) is 2.76. The molecule has 0 aliphatic rings. The van der Waals surface area contributed by atoms with Gasteiger partial charge in [0.2, 0.25) is 0 Å². The van der Waals surface area contributed by atoms with Crippen molar-refractivity contribution in [3.63, 3.8) is 0 Å². The number of carbonyl (C=O) groups is 1. The number of hydrogen-bond acceptors (Lipinski definition) is 6. The molecule has 10 heteroatoms. The van der Waals surface area contributed by atoms with Gasteiger partial charge in [0.05, 0.1) is 11.8 Å². The van der Waals surface area contributed by atoms with Crippen molar-refractivity contribution in [3.05, 3.63) is 11.8 Å². The number of carboxylic acid groups (broad SMARTS) is 1. The lowest BCUT2D eigenvalue weighted by atomic mass is 10.1. The number of aromatic carboxylic acids is 1. The van der Waals surface area contributed by atoms with Crippen LogP contribution in [0.2, 0.25) is 0 Å². The largest absolute Gasteiger partial charge is 0.478 e. The Hall–Kier alpha value is -1.10. The van der Waals surface area contributed by atoms with Gasteiger partial charge in [-0.1, -0.05) is 0 Å². The van der Waals surface area contributed by atoms with Gasteiger partial charge in [0.25, 0.3) is 10.0 Å². The van der Waals surface area contributed by atoms with E-state index in [9.17, 15) is 18.3 Å². The number of aliphatic hydroxyl groups is 1. The first kappa shape index (κ1) is 16.0. The van der Waals surface area contributed by atoms with Crippen molar-refractivity contribution in [2.75, 3.05) is 18.6 Å². The summed E-state index contributed by atoms with van der Waals surface area (Å²) < 4.78 is 26.0. The lowest BCUT2D eigenvalue weighted by Crippen LogP contribution is -2.42. The van der Waals surface area contributed by atoms with Crippen LogP contribution in [0.1, 0.15) is 17.3 Å². The second kappa shape index (κ2) is 5.90. The number of carboxylic acids is 1. The number of H-pyrrole nitrogens is 1. The first-order valence-electron chi connectivity index (χ1n) is 5.17. The highest BCUT2D eigenvalue weighted by molar-refractivity contribution is 7.98. The molecular formula is C9H15N3O5S2. The summed E-state index contributed by atoms with van der Waals surface area (Å²) in [6.07, 6.45) is 2.69. The SMILES string of the molecule is CSCC(C)(O)CNS(=O)(=O)c1[nH]ncc1C(=O)O. The Morgan fingerprint density at radius 2 is 2.26 bits per heavy atom. The Bertz CT molecular complexity index is 552. The molecule has 1 atom stereocenters. The van der Waals surface area contributed by atoms with Crippen molar-refractivity contribution in [1.82, 2.24) is 14.9 Å². The standard InChI is InChI=1S/C9H15N3O5S2/c1-9(15,5-18-2)4-11-19(16,17)7-6(8(13)14)3-10-12-7/h3,11,15H,4-5H2,1-2H3,(H,10,12)(H,13,14). The van der Waals surface area contributed by atoms with Crippen molar-refractivity contribution in [2.45, 2.75) is 17.6 Å². The number of sulfonamides is 1. The predicted molar refractivity (Wildman–Crippen MR) is 69.7 cm³/mol. The molecule has 0 aliphatic heterocycles. The van der Waals surface area contributed by atoms with E-state index in [1.165, 1.54) is 18.7 Å². The highest BCUT2D eigenvalue weighted by atomic mass is 32.2. The van der Waals surface area contributed by atoms with Crippen LogP contribution in [0.5, 0.6) is 0 Å². The van der Waals surface area contributed by atoms with Crippen LogP contribution < -0.4 is 4.72 Å². The zero-order valence-corrected chi connectivity index (χ0v) is 12.0. The molecule has 0 spiro atoms.